The maximum absolute atomic E-state index is 2.99. The Kier molecular flexibility index (Phi) is 11.6. The summed E-state index contributed by atoms with van der Waals surface area (Å²) in [5.41, 5.74) is 15.3. The van der Waals surface area contributed by atoms with Crippen molar-refractivity contribution in [3.8, 4) is 11.1 Å². The van der Waals surface area contributed by atoms with E-state index in [4.69, 9.17) is 0 Å². The van der Waals surface area contributed by atoms with Gasteiger partial charge < -0.3 is 24.8 Å². The van der Waals surface area contributed by atoms with Crippen molar-refractivity contribution in [2.45, 2.75) is 99.3 Å². The van der Waals surface area contributed by atoms with Gasteiger partial charge in [0, 0.05) is 0 Å². The average Bonchev–Trinajstić information content (AvgIpc) is 3.61. The molecule has 0 aromatic heterocycles. The summed E-state index contributed by atoms with van der Waals surface area (Å²) in [4.78, 5) is 0. The molecular weight excluding hydrogens is 703 g/mol. The minimum absolute atomic E-state index is 0. The molecule has 0 bridgehead atoms. The molecule has 0 saturated carbocycles. The molecule has 0 N–H and O–H groups in total. The van der Waals surface area contributed by atoms with Gasteiger partial charge in [0.2, 0.25) is 0 Å². The first-order chi connectivity index (χ1) is 21.7. The average molecular weight is 755 g/mol. The van der Waals surface area contributed by atoms with Crippen LogP contribution in [0.1, 0.15) is 115 Å². The Labute approximate surface area is 311 Å². The SMILES string of the molecule is CCC1=[C]([Zr+2](=[C](c2ccccc2)c2ccccc2)[c]2c(C(C)(C)C)ccc3c2Cc2cc(C(C)(C)C)ccc2-3)C(C(C)(C)C)=CC1.[Cl-].[Cl-]. The van der Waals surface area contributed by atoms with E-state index in [1.165, 1.54) is 33.4 Å². The van der Waals surface area contributed by atoms with Crippen LogP contribution in [0, 0.1) is 5.41 Å². The van der Waals surface area contributed by atoms with Gasteiger partial charge in [0.05, 0.1) is 0 Å². The standard InChI is InChI=1S/C21H25.C13H10.C11H17.2ClH.Zr/c1-20(2,3)16-7-9-18-14(12-16)11-15-13-17(21(4,5)6)8-10-19(15)18;1-3-7-12(8-4-1)11-13-9-5-2-6-10-13;1-5-9-6-7-10(8-9)11(2,3)4;;;/h7-10,12H,11H2,1-6H3;1-10H;7H,5-6H2,1-4H3;2*1H;/q;;;;;+2/p-2. The van der Waals surface area contributed by atoms with Gasteiger partial charge in [-0.3, -0.25) is 0 Å². The zero-order valence-corrected chi connectivity index (χ0v) is 34.6. The summed E-state index contributed by atoms with van der Waals surface area (Å²) < 4.78 is 5.10. The zero-order valence-electron chi connectivity index (χ0n) is 30.6. The Morgan fingerprint density at radius 3 is 1.71 bits per heavy atom. The Hall–Kier alpha value is -2.31. The van der Waals surface area contributed by atoms with Crippen molar-refractivity contribution >= 4 is 6.48 Å². The number of rotatable bonds is 5. The van der Waals surface area contributed by atoms with Crippen LogP contribution in [0.15, 0.2) is 111 Å². The van der Waals surface area contributed by atoms with Crippen LogP contribution >= 0.6 is 0 Å². The smallest absolute Gasteiger partial charge is 1.00 e. The van der Waals surface area contributed by atoms with Gasteiger partial charge in [0.25, 0.3) is 0 Å². The van der Waals surface area contributed by atoms with Crippen molar-refractivity contribution < 1.29 is 46.1 Å². The van der Waals surface area contributed by atoms with Crippen LogP contribution in [0.4, 0.5) is 0 Å². The van der Waals surface area contributed by atoms with Crippen LogP contribution in [-0.2, 0) is 38.5 Å². The quantitative estimate of drug-likeness (QED) is 0.225. The molecule has 48 heavy (non-hydrogen) atoms. The summed E-state index contributed by atoms with van der Waals surface area (Å²) in [6, 6.07) is 35.2. The summed E-state index contributed by atoms with van der Waals surface area (Å²) in [7, 11) is 0. The van der Waals surface area contributed by atoms with Crippen molar-refractivity contribution in [2.24, 2.45) is 5.41 Å². The molecule has 0 unspecified atom stereocenters. The normalized spacial score (nSPS) is 13.9. The van der Waals surface area contributed by atoms with Crippen molar-refractivity contribution in [1.82, 2.24) is 0 Å². The number of hydrogen-bond acceptors (Lipinski definition) is 0. The number of benzene rings is 4. The molecule has 2 aliphatic carbocycles. The second kappa shape index (κ2) is 14.5. The summed E-state index contributed by atoms with van der Waals surface area (Å²) in [5.74, 6) is 0. The van der Waals surface area contributed by atoms with E-state index < -0.39 is 21.3 Å². The molecule has 0 nitrogen and oxygen atoms in total. The molecule has 250 valence electrons. The molecule has 0 aliphatic heterocycles. The van der Waals surface area contributed by atoms with Crippen LogP contribution in [-0.4, -0.2) is 3.21 Å². The third-order valence-electron chi connectivity index (χ3n) is 10.0. The van der Waals surface area contributed by atoms with Gasteiger partial charge in [-0.1, -0.05) is 0 Å². The maximum atomic E-state index is 2.60. The third-order valence-corrected chi connectivity index (χ3v) is 18.1. The maximum Gasteiger partial charge on any atom is -1.00 e. The molecule has 0 atom stereocenters. The topological polar surface area (TPSA) is 0 Å². The summed E-state index contributed by atoms with van der Waals surface area (Å²) in [6.07, 6.45) is 5.83. The van der Waals surface area contributed by atoms with Crippen molar-refractivity contribution in [3.05, 3.63) is 145 Å². The molecule has 0 spiro atoms. The molecule has 4 aromatic carbocycles. The van der Waals surface area contributed by atoms with Crippen molar-refractivity contribution in [3.63, 3.8) is 0 Å². The van der Waals surface area contributed by atoms with Crippen molar-refractivity contribution in [2.75, 3.05) is 0 Å². The Morgan fingerprint density at radius 2 is 1.21 bits per heavy atom. The van der Waals surface area contributed by atoms with Gasteiger partial charge in [-0.15, -0.1) is 0 Å². The van der Waals surface area contributed by atoms with Gasteiger partial charge in [0.1, 0.15) is 0 Å². The van der Waals surface area contributed by atoms with Crippen molar-refractivity contribution in [1.29, 1.82) is 0 Å². The Bertz CT molecular complexity index is 1850. The fourth-order valence-electron chi connectivity index (χ4n) is 7.63. The van der Waals surface area contributed by atoms with Crippen LogP contribution in [0.5, 0.6) is 0 Å². The van der Waals surface area contributed by atoms with Gasteiger partial charge >= 0.3 is 288 Å². The second-order valence-electron chi connectivity index (χ2n) is 16.4. The minimum atomic E-state index is -2.99. The third kappa shape index (κ3) is 7.27. The first kappa shape index (κ1) is 38.5. The molecule has 6 rings (SSSR count). The molecule has 3 heteroatoms. The minimum Gasteiger partial charge on any atom is -1.00 e. The number of hydrogen-bond donors (Lipinski definition) is 0. The first-order valence-electron chi connectivity index (χ1n) is 17.3. The van der Waals surface area contributed by atoms with E-state index in [1.807, 2.05) is 0 Å². The molecular formula is C45H52Cl2Zr. The monoisotopic (exact) mass is 752 g/mol. The van der Waals surface area contributed by atoms with Crippen LogP contribution in [0.3, 0.4) is 0 Å². The van der Waals surface area contributed by atoms with E-state index in [2.05, 4.69) is 166 Å². The molecule has 2 aliphatic rings. The summed E-state index contributed by atoms with van der Waals surface area (Å²) in [5, 5.41) is 0. The second-order valence-corrected chi connectivity index (χ2v) is 22.0. The fourth-order valence-corrected chi connectivity index (χ4v) is 18.2. The van der Waals surface area contributed by atoms with Gasteiger partial charge in [-0.2, -0.15) is 0 Å². The van der Waals surface area contributed by atoms with Gasteiger partial charge in [-0.05, 0) is 0 Å². The zero-order chi connectivity index (χ0) is 33.0. The molecule has 0 saturated heterocycles. The fraction of sp³-hybridized carbons (Fsp3) is 0.356. The van der Waals surface area contributed by atoms with E-state index >= 15 is 0 Å². The Morgan fingerprint density at radius 1 is 0.646 bits per heavy atom. The van der Waals surface area contributed by atoms with E-state index in [-0.39, 0.29) is 41.1 Å². The molecule has 4 aromatic rings. The molecule has 0 fully saturated rings. The molecule has 0 heterocycles. The van der Waals surface area contributed by atoms with Gasteiger partial charge in [0.15, 0.2) is 0 Å². The van der Waals surface area contributed by atoms with Gasteiger partial charge in [-0.25, -0.2) is 0 Å². The van der Waals surface area contributed by atoms with Crippen LogP contribution in [0.25, 0.3) is 11.1 Å². The molecule has 0 amide bonds. The largest absolute Gasteiger partial charge is 1.00 e. The first-order valence-corrected chi connectivity index (χ1v) is 21.0. The number of fused-ring (bicyclic) bond motifs is 3. The summed E-state index contributed by atoms with van der Waals surface area (Å²) >= 11 is -2.99. The predicted molar refractivity (Wildman–Crippen MR) is 197 cm³/mol. The predicted octanol–water partition coefficient (Wildman–Crippen LogP) is 5.41. The molecule has 0 radical (unpaired) electrons. The Balaban J connectivity index is 0.00000260. The number of halogens is 2. The van der Waals surface area contributed by atoms with E-state index in [9.17, 15) is 0 Å². The summed E-state index contributed by atoms with van der Waals surface area (Å²) in [6.45, 7) is 24.0. The van der Waals surface area contributed by atoms with E-state index in [0.29, 0.717) is 0 Å². The van der Waals surface area contributed by atoms with E-state index in [0.717, 1.165) is 19.3 Å². The van der Waals surface area contributed by atoms with Crippen LogP contribution < -0.4 is 28.1 Å². The van der Waals surface area contributed by atoms with E-state index in [1.54, 1.807) is 32.0 Å². The number of allylic oxidation sites excluding steroid dienone is 4. The van der Waals surface area contributed by atoms with Crippen LogP contribution in [0.2, 0.25) is 0 Å².